The van der Waals surface area contributed by atoms with Gasteiger partial charge in [-0.15, -0.1) is 0 Å². The second kappa shape index (κ2) is 7.99. The van der Waals surface area contributed by atoms with E-state index in [2.05, 4.69) is 12.2 Å². The summed E-state index contributed by atoms with van der Waals surface area (Å²) in [6.07, 6.45) is 8.71. The van der Waals surface area contributed by atoms with Crippen LogP contribution in [0.1, 0.15) is 51.0 Å². The lowest BCUT2D eigenvalue weighted by molar-refractivity contribution is 0.404. The zero-order valence-corrected chi connectivity index (χ0v) is 13.1. The zero-order valence-electron chi connectivity index (χ0n) is 12.3. The van der Waals surface area contributed by atoms with Crippen LogP contribution in [0.15, 0.2) is 18.2 Å². The van der Waals surface area contributed by atoms with E-state index in [0.717, 1.165) is 30.9 Å². The summed E-state index contributed by atoms with van der Waals surface area (Å²) in [7, 11) is 0. The highest BCUT2D eigenvalue weighted by molar-refractivity contribution is 6.30. The topological polar surface area (TPSA) is 12.0 Å². The van der Waals surface area contributed by atoms with Gasteiger partial charge in [-0.05, 0) is 49.4 Å². The van der Waals surface area contributed by atoms with Gasteiger partial charge in [0, 0.05) is 11.1 Å². The Morgan fingerprint density at radius 1 is 1.35 bits per heavy atom. The lowest BCUT2D eigenvalue weighted by atomic mass is 9.95. The van der Waals surface area contributed by atoms with Gasteiger partial charge in [0.05, 0.1) is 0 Å². The highest BCUT2D eigenvalue weighted by Crippen LogP contribution is 2.29. The number of hydrogen-bond acceptors (Lipinski definition) is 1. The van der Waals surface area contributed by atoms with E-state index in [0.29, 0.717) is 11.1 Å². The number of nitrogens with one attached hydrogen (secondary N) is 1. The van der Waals surface area contributed by atoms with Gasteiger partial charge in [-0.1, -0.05) is 50.3 Å². The third-order valence-corrected chi connectivity index (χ3v) is 4.61. The Morgan fingerprint density at radius 2 is 2.10 bits per heavy atom. The molecule has 1 N–H and O–H groups in total. The predicted octanol–water partition coefficient (Wildman–Crippen LogP) is 4.97. The van der Waals surface area contributed by atoms with Crippen molar-refractivity contribution in [2.24, 2.45) is 5.92 Å². The van der Waals surface area contributed by atoms with Crippen molar-refractivity contribution in [1.82, 2.24) is 5.32 Å². The maximum atomic E-state index is 13.9. The Hall–Kier alpha value is -0.600. The van der Waals surface area contributed by atoms with Gasteiger partial charge in [0.1, 0.15) is 5.82 Å². The molecule has 1 aromatic carbocycles. The van der Waals surface area contributed by atoms with Crippen LogP contribution >= 0.6 is 11.6 Å². The minimum atomic E-state index is -0.179. The Morgan fingerprint density at radius 3 is 2.75 bits per heavy atom. The summed E-state index contributed by atoms with van der Waals surface area (Å²) >= 11 is 5.81. The molecule has 1 aliphatic rings. The van der Waals surface area contributed by atoms with Crippen LogP contribution in [0.4, 0.5) is 4.39 Å². The molecule has 3 heteroatoms. The van der Waals surface area contributed by atoms with Gasteiger partial charge in [-0.25, -0.2) is 4.39 Å². The van der Waals surface area contributed by atoms with Crippen molar-refractivity contribution in [2.45, 2.75) is 57.9 Å². The minimum Gasteiger partial charge on any atom is -0.314 e. The Kier molecular flexibility index (Phi) is 6.31. The van der Waals surface area contributed by atoms with E-state index in [4.69, 9.17) is 11.6 Å². The lowest BCUT2D eigenvalue weighted by Crippen LogP contribution is -2.31. The first-order valence-corrected chi connectivity index (χ1v) is 8.24. The molecule has 1 fully saturated rings. The second-order valence-corrected chi connectivity index (χ2v) is 6.36. The van der Waals surface area contributed by atoms with E-state index >= 15 is 0 Å². The average molecular weight is 298 g/mol. The summed E-state index contributed by atoms with van der Waals surface area (Å²) in [6.45, 7) is 3.05. The molecule has 0 bridgehead atoms. The summed E-state index contributed by atoms with van der Waals surface area (Å²) in [5.74, 6) is 0.715. The lowest BCUT2D eigenvalue weighted by Gasteiger charge is -2.20. The van der Waals surface area contributed by atoms with E-state index in [1.54, 1.807) is 6.07 Å². The fourth-order valence-corrected chi connectivity index (χ4v) is 3.41. The van der Waals surface area contributed by atoms with Gasteiger partial charge in [0.2, 0.25) is 0 Å². The second-order valence-electron chi connectivity index (χ2n) is 5.92. The number of likely N-dealkylation sites (N-methyl/N-ethyl adjacent to an activating group) is 1. The molecule has 0 aromatic heterocycles. The third kappa shape index (κ3) is 4.75. The van der Waals surface area contributed by atoms with E-state index in [-0.39, 0.29) is 5.82 Å². The van der Waals surface area contributed by atoms with Crippen molar-refractivity contribution in [1.29, 1.82) is 0 Å². The van der Waals surface area contributed by atoms with Crippen LogP contribution in [-0.2, 0) is 6.42 Å². The smallest absolute Gasteiger partial charge is 0.127 e. The minimum absolute atomic E-state index is 0.179. The molecule has 2 rings (SSSR count). The molecule has 0 amide bonds. The van der Waals surface area contributed by atoms with Gasteiger partial charge >= 0.3 is 0 Å². The molecule has 1 saturated carbocycles. The third-order valence-electron chi connectivity index (χ3n) is 4.37. The molecule has 1 aliphatic carbocycles. The molecule has 1 atom stereocenters. The summed E-state index contributed by atoms with van der Waals surface area (Å²) in [5.41, 5.74) is 0.770. The standard InChI is InChI=1S/C17H25ClFN/c1-2-20-16(10-7-13-5-3-4-6-13)11-14-8-9-15(18)12-17(14)19/h8-9,12-13,16,20H,2-7,10-11H2,1H3. The zero-order chi connectivity index (χ0) is 14.4. The molecule has 112 valence electrons. The maximum Gasteiger partial charge on any atom is 0.127 e. The van der Waals surface area contributed by atoms with Crippen LogP contribution in [0.2, 0.25) is 5.02 Å². The number of rotatable bonds is 7. The number of hydrogen-bond donors (Lipinski definition) is 1. The van der Waals surface area contributed by atoms with Crippen LogP contribution in [0, 0.1) is 11.7 Å². The van der Waals surface area contributed by atoms with Crippen LogP contribution in [0.5, 0.6) is 0 Å². The van der Waals surface area contributed by atoms with Crippen molar-refractivity contribution in [3.8, 4) is 0 Å². The molecule has 1 nitrogen and oxygen atoms in total. The van der Waals surface area contributed by atoms with Crippen molar-refractivity contribution in [3.63, 3.8) is 0 Å². The van der Waals surface area contributed by atoms with Gasteiger partial charge in [0.15, 0.2) is 0 Å². The Labute approximate surface area is 126 Å². The van der Waals surface area contributed by atoms with E-state index in [1.165, 1.54) is 38.2 Å². The summed E-state index contributed by atoms with van der Waals surface area (Å²) in [4.78, 5) is 0. The molecule has 20 heavy (non-hydrogen) atoms. The first-order chi connectivity index (χ1) is 9.69. The fourth-order valence-electron chi connectivity index (χ4n) is 3.25. The van der Waals surface area contributed by atoms with Crippen molar-refractivity contribution in [2.75, 3.05) is 6.54 Å². The molecular weight excluding hydrogens is 273 g/mol. The largest absolute Gasteiger partial charge is 0.314 e. The van der Waals surface area contributed by atoms with Gasteiger partial charge in [-0.3, -0.25) is 0 Å². The highest BCUT2D eigenvalue weighted by atomic mass is 35.5. The molecular formula is C17H25ClFN. The van der Waals surface area contributed by atoms with Crippen LogP contribution in [0.3, 0.4) is 0 Å². The molecule has 0 radical (unpaired) electrons. The van der Waals surface area contributed by atoms with E-state index < -0.39 is 0 Å². The first kappa shape index (κ1) is 15.8. The number of halogens is 2. The van der Waals surface area contributed by atoms with Gasteiger partial charge < -0.3 is 5.32 Å². The molecule has 0 heterocycles. The van der Waals surface area contributed by atoms with Crippen molar-refractivity contribution in [3.05, 3.63) is 34.6 Å². The molecule has 1 unspecified atom stereocenters. The Balaban J connectivity index is 1.90. The summed E-state index contributed by atoms with van der Waals surface area (Å²) < 4.78 is 13.9. The molecule has 0 spiro atoms. The van der Waals surface area contributed by atoms with Crippen LogP contribution in [0.25, 0.3) is 0 Å². The number of benzene rings is 1. The van der Waals surface area contributed by atoms with Crippen molar-refractivity contribution >= 4 is 11.6 Å². The highest BCUT2D eigenvalue weighted by Gasteiger charge is 2.18. The molecule has 1 aromatic rings. The quantitative estimate of drug-likeness (QED) is 0.749. The maximum absolute atomic E-state index is 13.9. The fraction of sp³-hybridized carbons (Fsp3) is 0.647. The molecule has 0 aliphatic heterocycles. The van der Waals surface area contributed by atoms with Crippen LogP contribution in [-0.4, -0.2) is 12.6 Å². The van der Waals surface area contributed by atoms with Gasteiger partial charge in [0.25, 0.3) is 0 Å². The predicted molar refractivity (Wildman–Crippen MR) is 83.8 cm³/mol. The average Bonchev–Trinajstić information content (AvgIpc) is 2.92. The first-order valence-electron chi connectivity index (χ1n) is 7.86. The molecule has 0 saturated heterocycles. The normalized spacial score (nSPS) is 17.6. The van der Waals surface area contributed by atoms with E-state index in [1.807, 2.05) is 6.07 Å². The van der Waals surface area contributed by atoms with Gasteiger partial charge in [-0.2, -0.15) is 0 Å². The van der Waals surface area contributed by atoms with Crippen LogP contribution < -0.4 is 5.32 Å². The summed E-state index contributed by atoms with van der Waals surface area (Å²) in [6, 6.07) is 5.38. The van der Waals surface area contributed by atoms with E-state index in [9.17, 15) is 4.39 Å². The Bertz CT molecular complexity index is 415. The summed E-state index contributed by atoms with van der Waals surface area (Å²) in [5, 5.41) is 3.97. The van der Waals surface area contributed by atoms with Crippen molar-refractivity contribution < 1.29 is 4.39 Å². The monoisotopic (exact) mass is 297 g/mol. The SMILES string of the molecule is CCNC(CCC1CCCC1)Cc1ccc(Cl)cc1F.